The molecular weight excluding hydrogens is 366 g/mol. The standard InChI is InChI=1S/C12H11Br2NOS/c13-9-1-3-11(8(5-9)6-15)16-7-10-2-4-12(14)17-10/h1-5H,6-7,15H2. The van der Waals surface area contributed by atoms with E-state index in [4.69, 9.17) is 10.5 Å². The first-order valence-electron chi connectivity index (χ1n) is 5.04. The first-order chi connectivity index (χ1) is 8.19. The van der Waals surface area contributed by atoms with Gasteiger partial charge in [-0.05, 0) is 46.3 Å². The molecule has 0 aliphatic carbocycles. The molecule has 17 heavy (non-hydrogen) atoms. The quantitative estimate of drug-likeness (QED) is 0.862. The van der Waals surface area contributed by atoms with Crippen molar-refractivity contribution in [1.29, 1.82) is 0 Å². The number of rotatable bonds is 4. The minimum absolute atomic E-state index is 0.475. The molecule has 0 spiro atoms. The Bertz CT molecular complexity index is 513. The summed E-state index contributed by atoms with van der Waals surface area (Å²) >= 11 is 8.53. The Morgan fingerprint density at radius 1 is 1.18 bits per heavy atom. The van der Waals surface area contributed by atoms with Crippen LogP contribution in [0.1, 0.15) is 10.4 Å². The number of hydrogen-bond donors (Lipinski definition) is 1. The van der Waals surface area contributed by atoms with Crippen molar-refractivity contribution in [3.8, 4) is 5.75 Å². The highest BCUT2D eigenvalue weighted by Crippen LogP contribution is 2.26. The van der Waals surface area contributed by atoms with E-state index >= 15 is 0 Å². The third kappa shape index (κ3) is 3.55. The highest BCUT2D eigenvalue weighted by molar-refractivity contribution is 9.11. The molecule has 0 aliphatic heterocycles. The Morgan fingerprint density at radius 2 is 2.00 bits per heavy atom. The first kappa shape index (κ1) is 13.1. The lowest BCUT2D eigenvalue weighted by Crippen LogP contribution is -2.02. The van der Waals surface area contributed by atoms with Gasteiger partial charge >= 0.3 is 0 Å². The zero-order chi connectivity index (χ0) is 12.3. The Kier molecular flexibility index (Phi) is 4.62. The molecule has 1 aromatic heterocycles. The van der Waals surface area contributed by atoms with E-state index in [0.29, 0.717) is 13.2 Å². The number of hydrogen-bond acceptors (Lipinski definition) is 3. The van der Waals surface area contributed by atoms with E-state index < -0.39 is 0 Å². The normalized spacial score (nSPS) is 10.5. The number of thiophene rings is 1. The van der Waals surface area contributed by atoms with E-state index in [1.165, 1.54) is 4.88 Å². The molecule has 2 rings (SSSR count). The number of benzene rings is 1. The van der Waals surface area contributed by atoms with E-state index in [2.05, 4.69) is 37.9 Å². The third-order valence-corrected chi connectivity index (χ3v) is 4.33. The SMILES string of the molecule is NCc1cc(Br)ccc1OCc1ccc(Br)s1. The molecule has 0 fully saturated rings. The van der Waals surface area contributed by atoms with Crippen LogP contribution in [0.5, 0.6) is 5.75 Å². The van der Waals surface area contributed by atoms with Crippen LogP contribution in [-0.4, -0.2) is 0 Å². The molecule has 0 bridgehead atoms. The van der Waals surface area contributed by atoms with Gasteiger partial charge in [-0.1, -0.05) is 15.9 Å². The van der Waals surface area contributed by atoms with Crippen LogP contribution >= 0.6 is 43.2 Å². The maximum absolute atomic E-state index is 5.77. The first-order valence-corrected chi connectivity index (χ1v) is 7.45. The highest BCUT2D eigenvalue weighted by atomic mass is 79.9. The van der Waals surface area contributed by atoms with Crippen molar-refractivity contribution in [2.45, 2.75) is 13.2 Å². The van der Waals surface area contributed by atoms with E-state index in [1.807, 2.05) is 24.3 Å². The van der Waals surface area contributed by atoms with Crippen LogP contribution in [0.2, 0.25) is 0 Å². The van der Waals surface area contributed by atoms with Gasteiger partial charge in [0.25, 0.3) is 0 Å². The summed E-state index contributed by atoms with van der Waals surface area (Å²) in [6.45, 7) is 1.05. The van der Waals surface area contributed by atoms with Crippen molar-refractivity contribution in [3.05, 3.63) is 49.0 Å². The van der Waals surface area contributed by atoms with Gasteiger partial charge < -0.3 is 10.5 Å². The van der Waals surface area contributed by atoms with E-state index in [-0.39, 0.29) is 0 Å². The van der Waals surface area contributed by atoms with Gasteiger partial charge in [-0.25, -0.2) is 0 Å². The Hall–Kier alpha value is -0.360. The second-order valence-corrected chi connectivity index (χ2v) is 6.91. The largest absolute Gasteiger partial charge is 0.488 e. The number of ether oxygens (including phenoxy) is 1. The van der Waals surface area contributed by atoms with Crippen molar-refractivity contribution in [3.63, 3.8) is 0 Å². The fourth-order valence-electron chi connectivity index (χ4n) is 1.43. The van der Waals surface area contributed by atoms with Crippen LogP contribution in [0.3, 0.4) is 0 Å². The van der Waals surface area contributed by atoms with Gasteiger partial charge in [0.1, 0.15) is 12.4 Å². The Labute approximate surface area is 121 Å². The average molecular weight is 377 g/mol. The van der Waals surface area contributed by atoms with Crippen molar-refractivity contribution < 1.29 is 4.74 Å². The zero-order valence-electron chi connectivity index (χ0n) is 8.95. The molecule has 0 amide bonds. The second-order valence-electron chi connectivity index (χ2n) is 3.45. The van der Waals surface area contributed by atoms with Gasteiger partial charge in [0.2, 0.25) is 0 Å². The summed E-state index contributed by atoms with van der Waals surface area (Å²) in [5.74, 6) is 0.847. The molecule has 2 aromatic rings. The van der Waals surface area contributed by atoms with Crippen molar-refractivity contribution >= 4 is 43.2 Å². The minimum atomic E-state index is 0.475. The summed E-state index contributed by atoms with van der Waals surface area (Å²) in [4.78, 5) is 1.18. The summed E-state index contributed by atoms with van der Waals surface area (Å²) in [6.07, 6.45) is 0. The second kappa shape index (κ2) is 6.00. The summed E-state index contributed by atoms with van der Waals surface area (Å²) < 4.78 is 7.91. The lowest BCUT2D eigenvalue weighted by molar-refractivity contribution is 0.306. The van der Waals surface area contributed by atoms with Gasteiger partial charge in [-0.3, -0.25) is 0 Å². The fraction of sp³-hybridized carbons (Fsp3) is 0.167. The minimum Gasteiger partial charge on any atom is -0.488 e. The van der Waals surface area contributed by atoms with Crippen LogP contribution in [0, 0.1) is 0 Å². The molecule has 2 N–H and O–H groups in total. The molecule has 1 heterocycles. The molecule has 0 saturated carbocycles. The summed E-state index contributed by atoms with van der Waals surface area (Å²) in [7, 11) is 0. The average Bonchev–Trinajstić information content (AvgIpc) is 2.73. The van der Waals surface area contributed by atoms with Gasteiger partial charge in [0.05, 0.1) is 3.79 Å². The van der Waals surface area contributed by atoms with Gasteiger partial charge in [0.15, 0.2) is 0 Å². The van der Waals surface area contributed by atoms with Crippen LogP contribution in [0.15, 0.2) is 38.6 Å². The predicted octanol–water partition coefficient (Wildman–Crippen LogP) is 4.31. The van der Waals surface area contributed by atoms with Crippen LogP contribution in [-0.2, 0) is 13.2 Å². The molecule has 0 atom stereocenters. The molecule has 0 unspecified atom stereocenters. The van der Waals surface area contributed by atoms with E-state index in [0.717, 1.165) is 19.6 Å². The van der Waals surface area contributed by atoms with Crippen LogP contribution in [0.4, 0.5) is 0 Å². The topological polar surface area (TPSA) is 35.2 Å². The van der Waals surface area contributed by atoms with E-state index in [1.54, 1.807) is 11.3 Å². The monoisotopic (exact) mass is 375 g/mol. The van der Waals surface area contributed by atoms with Gasteiger partial charge in [-0.2, -0.15) is 0 Å². The Balaban J connectivity index is 2.08. The lowest BCUT2D eigenvalue weighted by atomic mass is 10.2. The molecular formula is C12H11Br2NOS. The molecule has 0 saturated heterocycles. The summed E-state index contributed by atoms with van der Waals surface area (Å²) in [6, 6.07) is 9.96. The lowest BCUT2D eigenvalue weighted by Gasteiger charge is -2.09. The van der Waals surface area contributed by atoms with Crippen LogP contribution in [0.25, 0.3) is 0 Å². The highest BCUT2D eigenvalue weighted by Gasteiger charge is 2.04. The van der Waals surface area contributed by atoms with Gasteiger partial charge in [-0.15, -0.1) is 11.3 Å². The molecule has 0 radical (unpaired) electrons. The molecule has 2 nitrogen and oxygen atoms in total. The molecule has 0 aliphatic rings. The zero-order valence-corrected chi connectivity index (χ0v) is 12.9. The maximum atomic E-state index is 5.77. The third-order valence-electron chi connectivity index (χ3n) is 2.24. The van der Waals surface area contributed by atoms with E-state index in [9.17, 15) is 0 Å². The summed E-state index contributed by atoms with van der Waals surface area (Å²) in [5.41, 5.74) is 6.70. The number of nitrogens with two attached hydrogens (primary N) is 1. The Morgan fingerprint density at radius 3 is 2.65 bits per heavy atom. The summed E-state index contributed by atoms with van der Waals surface area (Å²) in [5, 5.41) is 0. The van der Waals surface area contributed by atoms with Crippen LogP contribution < -0.4 is 10.5 Å². The molecule has 90 valence electrons. The molecule has 1 aromatic carbocycles. The molecule has 5 heteroatoms. The van der Waals surface area contributed by atoms with Crippen molar-refractivity contribution in [2.24, 2.45) is 5.73 Å². The maximum Gasteiger partial charge on any atom is 0.124 e. The fourth-order valence-corrected chi connectivity index (χ4v) is 3.23. The smallest absolute Gasteiger partial charge is 0.124 e. The predicted molar refractivity (Wildman–Crippen MR) is 78.4 cm³/mol. The van der Waals surface area contributed by atoms with Crippen molar-refractivity contribution in [1.82, 2.24) is 0 Å². The van der Waals surface area contributed by atoms with Crippen molar-refractivity contribution in [2.75, 3.05) is 0 Å². The van der Waals surface area contributed by atoms with Gasteiger partial charge in [0, 0.05) is 21.5 Å². The number of halogens is 2.